The summed E-state index contributed by atoms with van der Waals surface area (Å²) in [6.07, 6.45) is 31.4. The number of rotatable bonds is 22. The first-order chi connectivity index (χ1) is 67.4. The number of ether oxygens (including phenoxy) is 3. The van der Waals surface area contributed by atoms with E-state index in [1.807, 2.05) is 55.6 Å². The number of nitro groups is 1. The maximum atomic E-state index is 13.2. The highest BCUT2D eigenvalue weighted by atomic mass is 79.9. The summed E-state index contributed by atoms with van der Waals surface area (Å²) >= 11 is 6.35. The minimum atomic E-state index is -0.942. The summed E-state index contributed by atoms with van der Waals surface area (Å²) in [6, 6.07) is 58.6. The Kier molecular flexibility index (Phi) is 44.3. The van der Waals surface area contributed by atoms with Crippen molar-refractivity contribution < 1.29 is 43.4 Å². The number of carboxylic acid groups (broad SMARTS) is 1. The molecule has 4 aromatic heterocycles. The van der Waals surface area contributed by atoms with E-state index < -0.39 is 5.97 Å². The summed E-state index contributed by atoms with van der Waals surface area (Å²) in [5.41, 5.74) is 35.3. The normalized spacial score (nSPS) is 18.3. The molecule has 9 aliphatic rings. The molecule has 3 amide bonds. The van der Waals surface area contributed by atoms with Gasteiger partial charge in [0.25, 0.3) is 23.4 Å². The van der Waals surface area contributed by atoms with E-state index in [2.05, 4.69) is 189 Å². The lowest BCUT2D eigenvalue weighted by Crippen LogP contribution is -2.37. The third-order valence-electron chi connectivity index (χ3n) is 26.4. The first-order valence-corrected chi connectivity index (χ1v) is 51.3. The molecule has 29 heteroatoms. The molecular formula is C109H141Br2N17O10. The van der Waals surface area contributed by atoms with E-state index >= 15 is 0 Å². The number of nitrogen functional groups attached to an aromatic ring is 1. The van der Waals surface area contributed by atoms with E-state index in [0.29, 0.717) is 48.9 Å². The minimum Gasteiger partial charge on any atom is -0.478 e. The van der Waals surface area contributed by atoms with Crippen LogP contribution in [-0.4, -0.2) is 213 Å². The lowest BCUT2D eigenvalue weighted by Gasteiger charge is -2.29. The SMILES string of the molecule is CCCCN1CCOCC1.CNCCCN1CCOCC1.NCCCN1CCOCC1.N[C@H]1CCCc2ccccc21.Nc1ccc(N2CCCCC2)cc1-c1cc(C(=O)N[C@H]2CCCc3ccccc32)ccn1.O=C(N[C@H]1CCCc2ccccc21)c1ccnc(-c2cc(N3CCCCC3)ccc2[N+](=O)[O-])c1.O=C(N[C@H]1CCCc2ccccc21)c1ccnc(Br)c1.O=C(O)c1ccnc(Br)c1. The predicted molar refractivity (Wildman–Crippen MR) is 557 cm³/mol. The quantitative estimate of drug-likeness (QED) is 0.0103. The molecule has 9 heterocycles. The van der Waals surface area contributed by atoms with Gasteiger partial charge in [-0.2, -0.15) is 0 Å². The number of piperidine rings is 2. The maximum absolute atomic E-state index is 13.2. The highest BCUT2D eigenvalue weighted by Crippen LogP contribution is 2.38. The largest absolute Gasteiger partial charge is 0.478 e. The Morgan fingerprint density at radius 2 is 0.812 bits per heavy atom. The summed E-state index contributed by atoms with van der Waals surface area (Å²) in [4.78, 5) is 89.0. The van der Waals surface area contributed by atoms with Gasteiger partial charge in [-0.15, -0.1) is 0 Å². The van der Waals surface area contributed by atoms with Gasteiger partial charge in [0.05, 0.1) is 85.2 Å². The minimum absolute atomic E-state index is 0.00738. The average molecular weight is 2010 g/mol. The van der Waals surface area contributed by atoms with Crippen molar-refractivity contribution in [1.82, 2.24) is 55.9 Å². The Morgan fingerprint density at radius 3 is 1.22 bits per heavy atom. The van der Waals surface area contributed by atoms with E-state index in [1.54, 1.807) is 55.0 Å². The smallest absolute Gasteiger partial charge is 0.335 e. The topological polar surface area (TPSA) is 353 Å². The fourth-order valence-electron chi connectivity index (χ4n) is 18.7. The number of nitrogens with zero attached hydrogens (tertiary/aromatic N) is 10. The first-order valence-electron chi connectivity index (χ1n) is 49.7. The van der Waals surface area contributed by atoms with Gasteiger partial charge in [-0.25, -0.2) is 14.8 Å². The molecule has 11 N–H and O–H groups in total. The van der Waals surface area contributed by atoms with Crippen LogP contribution in [0.15, 0.2) is 216 Å². The molecule has 6 aromatic carbocycles. The Morgan fingerprint density at radius 1 is 0.442 bits per heavy atom. The van der Waals surface area contributed by atoms with Gasteiger partial charge in [-0.1, -0.05) is 110 Å². The van der Waals surface area contributed by atoms with Crippen molar-refractivity contribution in [2.24, 2.45) is 11.5 Å². The molecule has 5 fully saturated rings. The van der Waals surface area contributed by atoms with Crippen molar-refractivity contribution in [2.75, 3.05) is 160 Å². The molecule has 0 unspecified atom stereocenters. The number of benzene rings is 6. The van der Waals surface area contributed by atoms with Crippen LogP contribution in [0.3, 0.4) is 0 Å². The average Bonchev–Trinajstić information content (AvgIpc) is 0.793. The number of nitrogens with one attached hydrogen (secondary N) is 4. The molecule has 5 aliphatic heterocycles. The van der Waals surface area contributed by atoms with Crippen LogP contribution in [0.5, 0.6) is 0 Å². The molecule has 10 aromatic rings. The van der Waals surface area contributed by atoms with Crippen molar-refractivity contribution in [3.8, 4) is 22.5 Å². The van der Waals surface area contributed by atoms with Crippen LogP contribution in [0.2, 0.25) is 0 Å². The molecule has 0 spiro atoms. The van der Waals surface area contributed by atoms with Gasteiger partial charge in [0.15, 0.2) is 0 Å². The van der Waals surface area contributed by atoms with Gasteiger partial charge in [0.2, 0.25) is 0 Å². The molecular weight excluding hydrogens is 1870 g/mol. The number of carbonyl (C=O) groups excluding carboxylic acids is 3. The number of halogens is 2. The van der Waals surface area contributed by atoms with Crippen LogP contribution >= 0.6 is 31.9 Å². The van der Waals surface area contributed by atoms with E-state index in [0.717, 1.165) is 225 Å². The second-order valence-electron chi connectivity index (χ2n) is 36.1. The van der Waals surface area contributed by atoms with Crippen LogP contribution in [0.1, 0.15) is 233 Å². The van der Waals surface area contributed by atoms with Crippen LogP contribution < -0.4 is 48.3 Å². The Bertz CT molecular complexity index is 5430. The molecule has 0 saturated carbocycles. The fourth-order valence-corrected chi connectivity index (χ4v) is 19.5. The van der Waals surface area contributed by atoms with Crippen LogP contribution in [0, 0.1) is 10.1 Å². The highest BCUT2D eigenvalue weighted by Gasteiger charge is 2.29. The summed E-state index contributed by atoms with van der Waals surface area (Å²) < 4.78 is 16.9. The molecule has 4 aliphatic carbocycles. The van der Waals surface area contributed by atoms with Crippen molar-refractivity contribution in [1.29, 1.82) is 0 Å². The number of fused-ring (bicyclic) bond motifs is 4. The zero-order chi connectivity index (χ0) is 97.0. The second kappa shape index (κ2) is 57.7. The van der Waals surface area contributed by atoms with Crippen molar-refractivity contribution in [3.05, 3.63) is 293 Å². The lowest BCUT2D eigenvalue weighted by atomic mass is 9.87. The lowest BCUT2D eigenvalue weighted by molar-refractivity contribution is -0.384. The predicted octanol–water partition coefficient (Wildman–Crippen LogP) is 18.5. The number of aromatic nitrogens is 4. The van der Waals surface area contributed by atoms with Crippen LogP contribution in [0.4, 0.5) is 22.7 Å². The Labute approximate surface area is 831 Å². The van der Waals surface area contributed by atoms with Gasteiger partial charge in [0.1, 0.15) is 9.21 Å². The summed E-state index contributed by atoms with van der Waals surface area (Å²) in [5, 5.41) is 32.9. The maximum Gasteiger partial charge on any atom is 0.335 e. The van der Waals surface area contributed by atoms with E-state index in [9.17, 15) is 29.3 Å². The van der Waals surface area contributed by atoms with Gasteiger partial charge in [-0.05, 0) is 330 Å². The number of hydrogen-bond acceptors (Lipinski definition) is 22. The number of hydrogen-bond donors (Lipinski definition) is 8. The Hall–Kier alpha value is -10.8. The number of carbonyl (C=O) groups is 4. The third-order valence-corrected chi connectivity index (χ3v) is 27.2. The second-order valence-corrected chi connectivity index (χ2v) is 37.7. The summed E-state index contributed by atoms with van der Waals surface area (Å²) in [5.74, 6) is -1.25. The summed E-state index contributed by atoms with van der Waals surface area (Å²) in [7, 11) is 2.00. The van der Waals surface area contributed by atoms with E-state index in [4.69, 9.17) is 36.5 Å². The summed E-state index contributed by atoms with van der Waals surface area (Å²) in [6.45, 7) is 24.0. The third kappa shape index (κ3) is 33.5. The number of aryl methyl sites for hydroxylation is 4. The molecule has 0 radical (unpaired) electrons. The molecule has 736 valence electrons. The number of carboxylic acids is 1. The van der Waals surface area contributed by atoms with Crippen molar-refractivity contribution in [3.63, 3.8) is 0 Å². The fraction of sp³-hybridized carbons (Fsp3) is 0.450. The van der Waals surface area contributed by atoms with Crippen molar-refractivity contribution in [2.45, 2.75) is 172 Å². The van der Waals surface area contributed by atoms with Crippen molar-refractivity contribution >= 4 is 78.3 Å². The number of anilines is 3. The number of nitro benzene ring substituents is 1. The molecule has 4 atom stereocenters. The van der Waals surface area contributed by atoms with Crippen LogP contribution in [-0.2, 0) is 39.9 Å². The number of unbranched alkanes of at least 4 members (excludes halogenated alkanes) is 1. The van der Waals surface area contributed by atoms with E-state index in [-0.39, 0.29) is 52.0 Å². The van der Waals surface area contributed by atoms with Gasteiger partial charge in [-0.3, -0.25) is 49.2 Å². The van der Waals surface area contributed by atoms with Gasteiger partial charge < -0.3 is 67.6 Å². The zero-order valence-electron chi connectivity index (χ0n) is 80.4. The molecule has 0 bridgehead atoms. The molecule has 5 saturated heterocycles. The molecule has 27 nitrogen and oxygen atoms in total. The number of morpholine rings is 3. The van der Waals surface area contributed by atoms with Gasteiger partial charge >= 0.3 is 5.97 Å². The standard InChI is InChI=1S/C27H28N4O3.C27H30N4O.C16H15BrN2O.C10H13N.C8H18N2O.C8H17NO.C7H16N2O.C6H4BrNO2/c32-27(29-24-10-6-8-19-7-2-3-9-22(19)24)20-13-14-28-25(17-20)23-18-21(11-12-26(23)31(33)34)30-15-4-1-5-16-30;28-24-12-11-21(31-15-4-1-5-16-31)18-23(24)26-17-20(13-14-29-26)27(32)30-25-10-6-8-19-7-2-3-9-22(19)25;17-15-10-12(8-9-18-15)16(20)19-14-7-3-5-11-4-1-2-6-13(11)14;11-10-7-3-5-8-4-1-2-6-9(8)10;1-9-3-2-4-10-5-7-11-8-6-10;1-2-3-4-9-5-7-10-8-6-9;8-2-1-3-9-4-6-10-7-5-9;7-5-3-4(6(9)10)1-2-8-5/h2-3,7,9,11-14,17-18,24H,1,4-6,8,10,15-16H2,(H,29,32);2-3,7,9,11-14,17-18,25H,1,4-6,8,10,15-16,28H2,(H,30,32);1-2,4,6,8-10,14H,3,5,7H2,(H,19,20);1-2,4,6,10H,3,5,7,11H2;9H,2-8H2,1H3;2-8H2,1H3;1-8H2;1-3H,(H,9,10)/t24-;25-;14-;10-;;;;/m0000..../s1. The first kappa shape index (κ1) is 106. The number of nitrogens with two attached hydrogens (primary N) is 3. The van der Waals surface area contributed by atoms with E-state index in [1.165, 1.54) is 139 Å². The molecule has 138 heavy (non-hydrogen) atoms. The Balaban J connectivity index is 0.000000150. The number of aromatic carboxylic acids is 1. The van der Waals surface area contributed by atoms with Crippen LogP contribution in [0.25, 0.3) is 22.5 Å². The van der Waals surface area contributed by atoms with Gasteiger partial charge in [0, 0.05) is 142 Å². The number of amides is 3. The highest BCUT2D eigenvalue weighted by molar-refractivity contribution is 9.10. The monoisotopic (exact) mass is 2010 g/mol. The zero-order valence-corrected chi connectivity index (χ0v) is 83.6. The molecule has 19 rings (SSSR count). The number of pyridine rings is 4.